The van der Waals surface area contributed by atoms with Crippen LogP contribution >= 0.6 is 0 Å². The number of anilines is 1. The van der Waals surface area contributed by atoms with E-state index in [1.807, 2.05) is 0 Å². The Balaban J connectivity index is 2.37. The van der Waals surface area contributed by atoms with Gasteiger partial charge in [-0.1, -0.05) is 0 Å². The van der Waals surface area contributed by atoms with E-state index in [1.165, 1.54) is 6.20 Å². The zero-order chi connectivity index (χ0) is 9.52. The molecule has 1 heterocycles. The number of hydrogen-bond acceptors (Lipinski definition) is 3. The summed E-state index contributed by atoms with van der Waals surface area (Å²) in [6.45, 7) is -0.597. The molecule has 1 rings (SSSR count). The van der Waals surface area contributed by atoms with Crippen molar-refractivity contribution in [2.75, 3.05) is 18.5 Å². The van der Waals surface area contributed by atoms with E-state index in [9.17, 15) is 9.18 Å². The standard InChI is InChI=1S/C7H9FN4O/c8-3-5-9-7(13)11-6-2-1-4-10-12-6/h1-2,4H,3,5H2,(H2,9,11,12,13). The Kier molecular flexibility index (Phi) is 3.62. The van der Waals surface area contributed by atoms with E-state index in [2.05, 4.69) is 20.8 Å². The number of carbonyl (C=O) groups excluding carboxylic acids is 1. The van der Waals surface area contributed by atoms with Crippen LogP contribution in [0.15, 0.2) is 18.3 Å². The van der Waals surface area contributed by atoms with Crippen molar-refractivity contribution in [2.45, 2.75) is 0 Å². The molecule has 0 saturated carbocycles. The van der Waals surface area contributed by atoms with Gasteiger partial charge in [0.15, 0.2) is 5.82 Å². The number of nitrogens with one attached hydrogen (secondary N) is 2. The lowest BCUT2D eigenvalue weighted by molar-refractivity contribution is 0.251. The molecule has 2 amide bonds. The Labute approximate surface area is 74.4 Å². The summed E-state index contributed by atoms with van der Waals surface area (Å²) < 4.78 is 11.6. The highest BCUT2D eigenvalue weighted by Crippen LogP contribution is 1.96. The van der Waals surface area contributed by atoms with Gasteiger partial charge in [-0.15, -0.1) is 5.10 Å². The molecule has 0 aromatic carbocycles. The molecule has 0 spiro atoms. The van der Waals surface area contributed by atoms with Gasteiger partial charge >= 0.3 is 6.03 Å². The average Bonchev–Trinajstić information content (AvgIpc) is 2.16. The van der Waals surface area contributed by atoms with E-state index >= 15 is 0 Å². The third-order valence-electron chi connectivity index (χ3n) is 1.19. The summed E-state index contributed by atoms with van der Waals surface area (Å²) in [6.07, 6.45) is 1.49. The van der Waals surface area contributed by atoms with Crippen molar-refractivity contribution in [3.63, 3.8) is 0 Å². The van der Waals surface area contributed by atoms with Crippen molar-refractivity contribution in [1.29, 1.82) is 0 Å². The maximum absolute atomic E-state index is 11.6. The van der Waals surface area contributed by atoms with E-state index in [-0.39, 0.29) is 6.54 Å². The van der Waals surface area contributed by atoms with Crippen LogP contribution in [0.4, 0.5) is 15.0 Å². The Morgan fingerprint density at radius 2 is 2.46 bits per heavy atom. The quantitative estimate of drug-likeness (QED) is 0.721. The molecule has 0 saturated heterocycles. The highest BCUT2D eigenvalue weighted by Gasteiger charge is 2.00. The zero-order valence-electron chi connectivity index (χ0n) is 6.83. The lowest BCUT2D eigenvalue weighted by Crippen LogP contribution is -2.30. The van der Waals surface area contributed by atoms with E-state index in [0.29, 0.717) is 5.82 Å². The molecule has 0 atom stereocenters. The molecule has 0 aliphatic carbocycles. The third-order valence-corrected chi connectivity index (χ3v) is 1.19. The molecule has 0 aliphatic rings. The minimum absolute atomic E-state index is 0.00784. The number of aromatic nitrogens is 2. The van der Waals surface area contributed by atoms with Crippen LogP contribution in [-0.2, 0) is 0 Å². The summed E-state index contributed by atoms with van der Waals surface area (Å²) in [5.74, 6) is 0.332. The minimum atomic E-state index is -0.589. The van der Waals surface area contributed by atoms with Crippen LogP contribution in [0.5, 0.6) is 0 Å². The molecule has 0 unspecified atom stereocenters. The van der Waals surface area contributed by atoms with Crippen molar-refractivity contribution >= 4 is 11.8 Å². The summed E-state index contributed by atoms with van der Waals surface area (Å²) in [6, 6.07) is 2.73. The zero-order valence-corrected chi connectivity index (χ0v) is 6.83. The fourth-order valence-electron chi connectivity index (χ4n) is 0.689. The first kappa shape index (κ1) is 9.37. The van der Waals surface area contributed by atoms with Crippen LogP contribution in [0, 0.1) is 0 Å². The van der Waals surface area contributed by atoms with E-state index in [4.69, 9.17) is 0 Å². The molecule has 13 heavy (non-hydrogen) atoms. The molecule has 1 aromatic rings. The molecule has 0 aliphatic heterocycles. The summed E-state index contributed by atoms with van der Waals surface area (Å²) >= 11 is 0. The molecule has 0 fully saturated rings. The largest absolute Gasteiger partial charge is 0.335 e. The van der Waals surface area contributed by atoms with Crippen molar-refractivity contribution in [3.8, 4) is 0 Å². The maximum atomic E-state index is 11.6. The van der Waals surface area contributed by atoms with Gasteiger partial charge in [0, 0.05) is 12.7 Å². The number of rotatable bonds is 3. The normalized spacial score (nSPS) is 9.31. The topological polar surface area (TPSA) is 66.9 Å². The molecular weight excluding hydrogens is 175 g/mol. The number of halogens is 1. The number of carbonyl (C=O) groups is 1. The first-order chi connectivity index (χ1) is 6.33. The molecule has 2 N–H and O–H groups in total. The van der Waals surface area contributed by atoms with Crippen LogP contribution < -0.4 is 10.6 Å². The molecule has 70 valence electrons. The van der Waals surface area contributed by atoms with Gasteiger partial charge in [0.25, 0.3) is 0 Å². The molecule has 6 heteroatoms. The Hall–Kier alpha value is -1.72. The van der Waals surface area contributed by atoms with Crippen molar-refractivity contribution in [1.82, 2.24) is 15.5 Å². The van der Waals surface area contributed by atoms with E-state index < -0.39 is 12.7 Å². The molecule has 1 aromatic heterocycles. The first-order valence-electron chi connectivity index (χ1n) is 3.71. The lowest BCUT2D eigenvalue weighted by Gasteiger charge is -2.03. The second kappa shape index (κ2) is 5.02. The Morgan fingerprint density at radius 3 is 3.08 bits per heavy atom. The van der Waals surface area contributed by atoms with Gasteiger partial charge in [0.1, 0.15) is 6.67 Å². The minimum Gasteiger partial charge on any atom is -0.335 e. The molecule has 0 radical (unpaired) electrons. The summed E-state index contributed by atoms with van der Waals surface area (Å²) in [7, 11) is 0. The number of urea groups is 1. The lowest BCUT2D eigenvalue weighted by atomic mass is 10.5. The smallest absolute Gasteiger partial charge is 0.320 e. The van der Waals surface area contributed by atoms with Gasteiger partial charge in [-0.25, -0.2) is 9.18 Å². The summed E-state index contributed by atoms with van der Waals surface area (Å²) in [5, 5.41) is 11.8. The van der Waals surface area contributed by atoms with Crippen LogP contribution in [0.2, 0.25) is 0 Å². The number of hydrogen-bond donors (Lipinski definition) is 2. The number of alkyl halides is 1. The van der Waals surface area contributed by atoms with Gasteiger partial charge < -0.3 is 5.32 Å². The second-order valence-corrected chi connectivity index (χ2v) is 2.18. The molecule has 5 nitrogen and oxygen atoms in total. The van der Waals surface area contributed by atoms with E-state index in [1.54, 1.807) is 12.1 Å². The number of amides is 2. The van der Waals surface area contributed by atoms with Crippen molar-refractivity contribution < 1.29 is 9.18 Å². The highest BCUT2D eigenvalue weighted by atomic mass is 19.1. The van der Waals surface area contributed by atoms with Gasteiger partial charge in [-0.3, -0.25) is 5.32 Å². The monoisotopic (exact) mass is 184 g/mol. The van der Waals surface area contributed by atoms with E-state index in [0.717, 1.165) is 0 Å². The van der Waals surface area contributed by atoms with Crippen LogP contribution in [0.3, 0.4) is 0 Å². The van der Waals surface area contributed by atoms with Gasteiger partial charge in [-0.05, 0) is 12.1 Å². The molecular formula is C7H9FN4O. The number of nitrogens with zero attached hydrogens (tertiary/aromatic N) is 2. The highest BCUT2D eigenvalue weighted by molar-refractivity contribution is 5.87. The fourth-order valence-corrected chi connectivity index (χ4v) is 0.689. The van der Waals surface area contributed by atoms with Crippen LogP contribution in [0.1, 0.15) is 0 Å². The van der Waals surface area contributed by atoms with Gasteiger partial charge in [0.2, 0.25) is 0 Å². The summed E-state index contributed by atoms with van der Waals surface area (Å²) in [5.41, 5.74) is 0. The average molecular weight is 184 g/mol. The SMILES string of the molecule is O=C(NCCF)Nc1cccnn1. The van der Waals surface area contributed by atoms with Crippen LogP contribution in [-0.4, -0.2) is 29.4 Å². The Morgan fingerprint density at radius 1 is 1.62 bits per heavy atom. The van der Waals surface area contributed by atoms with Crippen molar-refractivity contribution in [3.05, 3.63) is 18.3 Å². The third kappa shape index (κ3) is 3.46. The van der Waals surface area contributed by atoms with Gasteiger partial charge in [0.05, 0.1) is 0 Å². The predicted octanol–water partition coefficient (Wildman–Crippen LogP) is 0.568. The van der Waals surface area contributed by atoms with Crippen LogP contribution in [0.25, 0.3) is 0 Å². The Bertz CT molecular complexity index is 266. The predicted molar refractivity (Wildman–Crippen MR) is 45.0 cm³/mol. The maximum Gasteiger partial charge on any atom is 0.320 e. The summed E-state index contributed by atoms with van der Waals surface area (Å²) in [4.78, 5) is 10.9. The fraction of sp³-hybridized carbons (Fsp3) is 0.286. The van der Waals surface area contributed by atoms with Crippen molar-refractivity contribution in [2.24, 2.45) is 0 Å². The second-order valence-electron chi connectivity index (χ2n) is 2.18. The molecule has 0 bridgehead atoms. The first-order valence-corrected chi connectivity index (χ1v) is 3.71. The van der Waals surface area contributed by atoms with Gasteiger partial charge in [-0.2, -0.15) is 5.10 Å².